The molecule has 2 aromatic carbocycles. The molecule has 0 amide bonds. The lowest BCUT2D eigenvalue weighted by atomic mass is 10.2. The highest BCUT2D eigenvalue weighted by Crippen LogP contribution is 2.37. The molecule has 6 aromatic rings. The van der Waals surface area contributed by atoms with E-state index >= 15 is 0 Å². The molecule has 32 heavy (non-hydrogen) atoms. The van der Waals surface area contributed by atoms with Crippen LogP contribution in [0.5, 0.6) is 0 Å². The van der Waals surface area contributed by atoms with E-state index in [1.54, 1.807) is 46.3 Å². The lowest BCUT2D eigenvalue weighted by molar-refractivity contribution is 0.953. The topological polar surface area (TPSA) is 98.2 Å². The van der Waals surface area contributed by atoms with E-state index in [9.17, 15) is 0 Å². The molecular weight excluding hydrogens is 444 g/mol. The minimum absolute atomic E-state index is 0.257. The van der Waals surface area contributed by atoms with Crippen LogP contribution in [0.3, 0.4) is 0 Å². The summed E-state index contributed by atoms with van der Waals surface area (Å²) in [4.78, 5) is 11.2. The highest BCUT2D eigenvalue weighted by Gasteiger charge is 2.20. The largest absolute Gasteiger partial charge is 0.380 e. The fraction of sp³-hybridized carbons (Fsp3) is 0.0455. The Bertz CT molecular complexity index is 1660. The lowest BCUT2D eigenvalue weighted by Gasteiger charge is -2.03. The summed E-state index contributed by atoms with van der Waals surface area (Å²) >= 11 is 7.54. The van der Waals surface area contributed by atoms with Crippen LogP contribution in [0, 0.1) is 6.92 Å². The summed E-state index contributed by atoms with van der Waals surface area (Å²) in [7, 11) is 0. The molecule has 4 aromatic heterocycles. The third-order valence-electron chi connectivity index (χ3n) is 5.23. The van der Waals surface area contributed by atoms with Gasteiger partial charge in [0.2, 0.25) is 0 Å². The van der Waals surface area contributed by atoms with Crippen molar-refractivity contribution in [2.45, 2.75) is 6.92 Å². The number of imidazole rings is 1. The van der Waals surface area contributed by atoms with Crippen molar-refractivity contribution in [1.82, 2.24) is 24.0 Å². The Morgan fingerprint density at radius 2 is 1.84 bits per heavy atom. The van der Waals surface area contributed by atoms with Crippen LogP contribution < -0.4 is 5.73 Å². The number of nitrogens with two attached hydrogens (primary N) is 1. The highest BCUT2D eigenvalue weighted by atomic mass is 35.5. The molecule has 6 rings (SSSR count). The predicted octanol–water partition coefficient (Wildman–Crippen LogP) is 6.22. The van der Waals surface area contributed by atoms with Crippen molar-refractivity contribution in [2.24, 2.45) is 10.2 Å². The van der Waals surface area contributed by atoms with Gasteiger partial charge in [-0.1, -0.05) is 35.1 Å². The van der Waals surface area contributed by atoms with E-state index in [1.807, 2.05) is 24.3 Å². The number of benzene rings is 2. The summed E-state index contributed by atoms with van der Waals surface area (Å²) in [5, 5.41) is 13.7. The molecule has 0 saturated carbocycles. The summed E-state index contributed by atoms with van der Waals surface area (Å²) in [6.45, 7) is 2.08. The van der Waals surface area contributed by atoms with E-state index in [0.717, 1.165) is 32.3 Å². The monoisotopic (exact) mass is 458 g/mol. The number of aryl methyl sites for hydroxylation is 1. The van der Waals surface area contributed by atoms with Crippen molar-refractivity contribution in [1.29, 1.82) is 0 Å². The summed E-state index contributed by atoms with van der Waals surface area (Å²) in [5.41, 5.74) is 11.8. The summed E-state index contributed by atoms with van der Waals surface area (Å²) in [6.07, 6.45) is 1.73. The fourth-order valence-electron chi connectivity index (χ4n) is 3.73. The second-order valence-corrected chi connectivity index (χ2v) is 8.62. The first-order valence-electron chi connectivity index (χ1n) is 9.77. The van der Waals surface area contributed by atoms with Gasteiger partial charge in [0.05, 0.1) is 27.3 Å². The first-order valence-corrected chi connectivity index (χ1v) is 11.0. The van der Waals surface area contributed by atoms with Gasteiger partial charge < -0.3 is 5.73 Å². The van der Waals surface area contributed by atoms with Crippen LogP contribution >= 0.6 is 22.9 Å². The van der Waals surface area contributed by atoms with E-state index in [0.29, 0.717) is 22.0 Å². The van der Waals surface area contributed by atoms with E-state index in [-0.39, 0.29) is 5.82 Å². The zero-order valence-corrected chi connectivity index (χ0v) is 18.3. The standard InChI is InChI=1S/C22H15ClN8S/c1-12-19(32-22-26-15-4-2-3-5-16(15)30(12)22)17-10-11-25-21-18(20(24)29-31(17)21)28-27-14-8-6-13(23)7-9-14/h2-11H,1H3,(H2,24,29). The Kier molecular flexibility index (Phi) is 4.20. The van der Waals surface area contributed by atoms with Gasteiger partial charge in [-0.2, -0.15) is 5.11 Å². The Labute approximate surface area is 190 Å². The van der Waals surface area contributed by atoms with Crippen LogP contribution in [0.2, 0.25) is 5.02 Å². The fourth-order valence-corrected chi connectivity index (χ4v) is 5.01. The Hall–Kier alpha value is -3.82. The predicted molar refractivity (Wildman–Crippen MR) is 127 cm³/mol. The van der Waals surface area contributed by atoms with Gasteiger partial charge in [0.15, 0.2) is 22.1 Å². The number of anilines is 1. The van der Waals surface area contributed by atoms with Crippen LogP contribution in [0.4, 0.5) is 17.2 Å². The normalized spacial score (nSPS) is 12.1. The molecule has 8 nitrogen and oxygen atoms in total. The molecule has 0 fully saturated rings. The first-order chi connectivity index (χ1) is 15.6. The molecule has 0 radical (unpaired) electrons. The van der Waals surface area contributed by atoms with Gasteiger partial charge in [-0.3, -0.25) is 4.40 Å². The quantitative estimate of drug-likeness (QED) is 0.318. The van der Waals surface area contributed by atoms with Crippen molar-refractivity contribution < 1.29 is 0 Å². The van der Waals surface area contributed by atoms with E-state index in [2.05, 4.69) is 37.7 Å². The number of rotatable bonds is 3. The average Bonchev–Trinajstić information content (AvgIpc) is 3.43. The summed E-state index contributed by atoms with van der Waals surface area (Å²) in [6, 6.07) is 17.1. The van der Waals surface area contributed by atoms with E-state index in [1.165, 1.54) is 0 Å². The molecule has 0 unspecified atom stereocenters. The molecule has 0 atom stereocenters. The summed E-state index contributed by atoms with van der Waals surface area (Å²) < 4.78 is 3.88. The molecule has 0 aliphatic carbocycles. The maximum Gasteiger partial charge on any atom is 0.195 e. The van der Waals surface area contributed by atoms with Crippen molar-refractivity contribution in [3.8, 4) is 10.6 Å². The van der Waals surface area contributed by atoms with Crippen LogP contribution in [-0.2, 0) is 0 Å². The number of hydrogen-bond donors (Lipinski definition) is 1. The third kappa shape index (κ3) is 2.86. The zero-order valence-electron chi connectivity index (χ0n) is 16.8. The molecule has 156 valence electrons. The number of nitrogen functional groups attached to an aromatic ring is 1. The van der Waals surface area contributed by atoms with E-state index in [4.69, 9.17) is 22.3 Å². The molecule has 0 aliphatic heterocycles. The number of fused-ring (bicyclic) bond motifs is 4. The van der Waals surface area contributed by atoms with Gasteiger partial charge in [0.1, 0.15) is 0 Å². The highest BCUT2D eigenvalue weighted by molar-refractivity contribution is 7.20. The smallest absolute Gasteiger partial charge is 0.195 e. The molecule has 10 heteroatoms. The SMILES string of the molecule is Cc1c(-c2ccnc3c(N=Nc4ccc(Cl)cc4)c(N)nn23)sc2nc3ccccc3n12. The van der Waals surface area contributed by atoms with Crippen molar-refractivity contribution in [2.75, 3.05) is 5.73 Å². The number of azo groups is 1. The Morgan fingerprint density at radius 1 is 1.03 bits per heavy atom. The first kappa shape index (κ1) is 18.9. The van der Waals surface area contributed by atoms with Gasteiger partial charge in [-0.15, -0.1) is 10.2 Å². The van der Waals surface area contributed by atoms with Crippen LogP contribution in [0.15, 0.2) is 71.0 Å². The number of halogens is 1. The third-order valence-corrected chi connectivity index (χ3v) is 6.65. The average molecular weight is 459 g/mol. The number of aromatic nitrogens is 5. The van der Waals surface area contributed by atoms with Gasteiger partial charge in [0, 0.05) is 16.9 Å². The minimum atomic E-state index is 0.257. The van der Waals surface area contributed by atoms with Crippen LogP contribution in [-0.4, -0.2) is 24.0 Å². The molecular formula is C22H15ClN8S. The minimum Gasteiger partial charge on any atom is -0.380 e. The van der Waals surface area contributed by atoms with Gasteiger partial charge in [-0.05, 0) is 49.4 Å². The van der Waals surface area contributed by atoms with Gasteiger partial charge in [0.25, 0.3) is 0 Å². The molecule has 0 spiro atoms. The molecule has 2 N–H and O–H groups in total. The Balaban J connectivity index is 1.50. The maximum absolute atomic E-state index is 6.20. The van der Waals surface area contributed by atoms with Crippen LogP contribution in [0.25, 0.3) is 32.2 Å². The van der Waals surface area contributed by atoms with Crippen molar-refractivity contribution in [3.05, 3.63) is 71.5 Å². The zero-order chi connectivity index (χ0) is 21.8. The van der Waals surface area contributed by atoms with Gasteiger partial charge >= 0.3 is 0 Å². The van der Waals surface area contributed by atoms with Crippen molar-refractivity contribution >= 4 is 61.8 Å². The lowest BCUT2D eigenvalue weighted by Crippen LogP contribution is -1.97. The number of hydrogen-bond acceptors (Lipinski definition) is 7. The molecule has 0 saturated heterocycles. The van der Waals surface area contributed by atoms with Crippen molar-refractivity contribution in [3.63, 3.8) is 0 Å². The molecule has 4 heterocycles. The van der Waals surface area contributed by atoms with E-state index < -0.39 is 0 Å². The maximum atomic E-state index is 6.20. The van der Waals surface area contributed by atoms with Crippen LogP contribution in [0.1, 0.15) is 5.69 Å². The number of nitrogens with zero attached hydrogens (tertiary/aromatic N) is 7. The second-order valence-electron chi connectivity index (χ2n) is 7.21. The number of para-hydroxylation sites is 2. The Morgan fingerprint density at radius 3 is 2.69 bits per heavy atom. The second kappa shape index (κ2) is 7.11. The summed E-state index contributed by atoms with van der Waals surface area (Å²) in [5.74, 6) is 0.257. The molecule has 0 bridgehead atoms. The van der Waals surface area contributed by atoms with Gasteiger partial charge in [-0.25, -0.2) is 14.5 Å². The number of thiazole rings is 1. The molecule has 0 aliphatic rings.